The maximum Gasteiger partial charge on any atom is 0.490 e. The van der Waals surface area contributed by atoms with Crippen LogP contribution in [-0.2, 0) is 126 Å². The van der Waals surface area contributed by atoms with E-state index in [0.717, 1.165) is 22.5 Å². The maximum atomic E-state index is 14.6. The summed E-state index contributed by atoms with van der Waals surface area (Å²) in [7, 11) is -67.9. The number of rotatable bonds is 30. The molecule has 0 aromatic rings. The molecule has 4 fully saturated rings. The summed E-state index contributed by atoms with van der Waals surface area (Å²) in [5, 5.41) is 18.8. The molecule has 0 aromatic heterocycles. The van der Waals surface area contributed by atoms with Gasteiger partial charge in [0.1, 0.15) is 32.5 Å². The molecule has 4 saturated heterocycles. The minimum absolute atomic E-state index is 0.101. The van der Waals surface area contributed by atoms with Crippen molar-refractivity contribution in [1.82, 2.24) is 9.80 Å². The molecule has 98 heavy (non-hydrogen) atoms. The molecule has 6 rings (SSSR count). The smallest absolute Gasteiger partial charge is 0.384 e. The zero-order chi connectivity index (χ0) is 76.1. The zero-order valence-electron chi connectivity index (χ0n) is 47.0. The van der Waals surface area contributed by atoms with Crippen LogP contribution >= 0.6 is 93.9 Å². The van der Waals surface area contributed by atoms with E-state index in [9.17, 15) is 109 Å². The molecule has 6 heterocycles. The molecule has 0 bridgehead atoms. The van der Waals surface area contributed by atoms with Crippen molar-refractivity contribution >= 4 is 107 Å². The highest BCUT2D eigenvalue weighted by Crippen LogP contribution is 2.70. The SMILES string of the molecule is C[C@H]1CO[C@](F)(COP(=O)(O)OP(=O)(O)OP(=O)(O)O)[C@H]1F.O=P(O)(O)OP(=O)(O)OP(=O)(O)OC[C@@]1(F)OC[C@H](F)[C@@H]1O.O=P(O)(O)OP(=O)(O)OP(=O)(O)OC[C@@]1(F)O[C@@H](N2C=NCC2)[C@H](F)[C@@H]1F.O=P(O)(O)OP(=O)(O)OP(=O)(O)OC[C@@]1(F)O[C@@H](N2C=NCC2)[C@H](F)[C@@H]1O. The highest BCUT2D eigenvalue weighted by atomic mass is 31.3. The topological polar surface area (TPSA) is 748 Å². The van der Waals surface area contributed by atoms with Crippen molar-refractivity contribution in [2.75, 3.05) is 65.8 Å². The lowest BCUT2D eigenvalue weighted by atomic mass is 10.1. The molecule has 6 aliphatic rings. The molecule has 0 aromatic carbocycles. The van der Waals surface area contributed by atoms with Crippen molar-refractivity contribution < 1.29 is 254 Å². The number of phosphoric ester groups is 4. The van der Waals surface area contributed by atoms with Crippen molar-refractivity contribution in [3.05, 3.63) is 0 Å². The van der Waals surface area contributed by atoms with Gasteiger partial charge in [0.2, 0.25) is 0 Å². The van der Waals surface area contributed by atoms with Gasteiger partial charge in [-0.3, -0.25) is 28.1 Å². The third-order valence-electron chi connectivity index (χ3n) is 10.8. The molecule has 0 aliphatic carbocycles. The summed E-state index contributed by atoms with van der Waals surface area (Å²) in [5.41, 5.74) is 0. The number of aliphatic imine (C=N–C) groups is 2. The van der Waals surface area contributed by atoms with Gasteiger partial charge in [-0.25, -0.2) is 94.3 Å². The highest BCUT2D eigenvalue weighted by Gasteiger charge is 2.62. The molecule has 6 aliphatic heterocycles. The Labute approximate surface area is 537 Å². The van der Waals surface area contributed by atoms with Crippen molar-refractivity contribution in [1.29, 1.82) is 0 Å². The molecule has 50 nitrogen and oxygen atoms in total. The van der Waals surface area contributed by atoms with E-state index in [0.29, 0.717) is 0 Å². The first-order valence-electron chi connectivity index (χ1n) is 24.2. The highest BCUT2D eigenvalue weighted by molar-refractivity contribution is 7.68. The van der Waals surface area contributed by atoms with Crippen molar-refractivity contribution in [2.45, 2.75) is 85.9 Å². The van der Waals surface area contributed by atoms with E-state index in [1.807, 2.05) is 0 Å². The first kappa shape index (κ1) is 91.9. The number of phosphoric acid groups is 12. The Bertz CT molecular complexity index is 3220. The summed E-state index contributed by atoms with van der Waals surface area (Å²) >= 11 is 0. The number of ether oxygens (including phenoxy) is 4. The molecular weight excluding hydrogens is 1660 g/mol. The minimum Gasteiger partial charge on any atom is -0.384 e. The van der Waals surface area contributed by atoms with Gasteiger partial charge in [0.25, 0.3) is 23.4 Å². The Morgan fingerprint density at radius 3 is 0.990 bits per heavy atom. The van der Waals surface area contributed by atoms with E-state index in [1.54, 1.807) is 0 Å². The Morgan fingerprint density at radius 2 is 0.704 bits per heavy atom. The summed E-state index contributed by atoms with van der Waals surface area (Å²) in [5.74, 6) is -14.1. The first-order valence-corrected chi connectivity index (χ1v) is 42.3. The van der Waals surface area contributed by atoms with Gasteiger partial charge in [-0.05, 0) is 0 Å². The number of halogens is 9. The van der Waals surface area contributed by atoms with Crippen LogP contribution in [0.15, 0.2) is 9.98 Å². The number of aliphatic hydroxyl groups is 2. The van der Waals surface area contributed by atoms with Gasteiger partial charge in [0, 0.05) is 19.0 Å². The lowest BCUT2D eigenvalue weighted by molar-refractivity contribution is -0.206. The minimum atomic E-state index is -5.83. The molecule has 580 valence electrons. The Balaban J connectivity index is 0.000000342. The standard InChI is InChI=1S/C8H14F3N2O11P3.C8H15F2N2O12P3.C6H13F2O11P3.C5H11F2O12P3/c9-5-6(10)8(11,22-7(5)13-2-1-12-4-13)3-21-26(17,18)24-27(19,20)23-25(14,15)16;9-5-6(13)8(10,22-7(5)12-2-1-11-4-12)3-21-26(17,18)24-27(19,20)23-25(14,15)16;1-4-2-16-6(8,5(4)7)3-17-21(12,13)19-22(14,15)18-20(9,10)11;6-3-1-16-5(7,4(3)8)2-17-21(12,13)19-22(14,15)18-20(9,10)11/h4-7H,1-3H2,(H,17,18)(H,19,20)(H2,14,15,16);4-7,13H,1-3H2,(H,17,18)(H,19,20)(H2,14,15,16);4-5H,2-3H2,1H3,(H,12,13)(H,14,15)(H2,9,10,11);3-4,8H,1-2H2,(H,12,13)(H,14,15)(H2,9,10,11)/t2*5-,6+,7-,8-;4-,5-,6+;3-,4-,5+/m1100/s1. The van der Waals surface area contributed by atoms with Gasteiger partial charge in [-0.15, -0.1) is 0 Å². The summed E-state index contributed by atoms with van der Waals surface area (Å²) in [6.45, 7) is -5.62. The Hall–Kier alpha value is -0.290. The lowest BCUT2D eigenvalue weighted by Gasteiger charge is -2.26. The largest absolute Gasteiger partial charge is 0.490 e. The maximum absolute atomic E-state index is 14.6. The normalized spacial score (nSPS) is 35.6. The molecule has 0 spiro atoms. The van der Waals surface area contributed by atoms with E-state index in [4.69, 9.17) is 78.4 Å². The van der Waals surface area contributed by atoms with Crippen molar-refractivity contribution in [2.24, 2.45) is 15.9 Å². The predicted octanol–water partition coefficient (Wildman–Crippen LogP) is 0.491. The third-order valence-corrected chi connectivity index (χ3v) is 26.0. The quantitative estimate of drug-likeness (QED) is 0.0344. The van der Waals surface area contributed by atoms with E-state index in [2.05, 4.69) is 76.8 Å². The fourth-order valence-electron chi connectivity index (χ4n) is 7.01. The number of hydrogen-bond donors (Lipinski definition) is 18. The van der Waals surface area contributed by atoms with Crippen LogP contribution in [0.2, 0.25) is 0 Å². The summed E-state index contributed by atoms with van der Waals surface area (Å²) in [4.78, 5) is 148. The summed E-state index contributed by atoms with van der Waals surface area (Å²) in [6, 6.07) is 0. The average Bonchev–Trinajstić information content (AvgIpc) is 1.63. The monoisotopic (exact) mass is 1710 g/mol. The fraction of sp³-hybridized carbons (Fsp3) is 0.926. The average molecular weight is 1710 g/mol. The van der Waals surface area contributed by atoms with E-state index in [-0.39, 0.29) is 32.8 Å². The second kappa shape index (κ2) is 33.9. The molecule has 71 heteroatoms. The van der Waals surface area contributed by atoms with Crippen LogP contribution in [-0.4, -0.2) is 256 Å². The second-order valence-electron chi connectivity index (χ2n) is 18.8. The summed E-state index contributed by atoms with van der Waals surface area (Å²) in [6.07, 6.45) is -18.1. The Morgan fingerprint density at radius 1 is 0.408 bits per heavy atom. The molecule has 0 saturated carbocycles. The van der Waals surface area contributed by atoms with Gasteiger partial charge in [-0.1, -0.05) is 6.92 Å². The zero-order valence-corrected chi connectivity index (χ0v) is 57.8. The molecule has 0 radical (unpaired) electrons. The number of hydrogen-bond acceptors (Lipinski definition) is 34. The van der Waals surface area contributed by atoms with Gasteiger partial charge in [-0.2, -0.15) is 34.5 Å². The summed E-state index contributed by atoms with van der Waals surface area (Å²) < 4.78 is 317. The lowest BCUT2D eigenvalue weighted by Crippen LogP contribution is -2.42. The molecule has 8 unspecified atom stereocenters. The molecular formula is C27H53F9N4O46P12. The van der Waals surface area contributed by atoms with Crippen LogP contribution in [0.5, 0.6) is 0 Å². The molecule has 18 N–H and O–H groups in total. The van der Waals surface area contributed by atoms with Crippen LogP contribution in [0.4, 0.5) is 39.5 Å². The third kappa shape index (κ3) is 30.5. The van der Waals surface area contributed by atoms with Gasteiger partial charge < -0.3 is 117 Å². The molecule has 22 atom stereocenters. The van der Waals surface area contributed by atoms with Gasteiger partial charge >= 0.3 is 93.9 Å². The first-order chi connectivity index (χ1) is 43.6. The van der Waals surface area contributed by atoms with Crippen molar-refractivity contribution in [3.8, 4) is 0 Å². The number of nitrogens with zero attached hydrogens (tertiary/aromatic N) is 4. The van der Waals surface area contributed by atoms with Crippen LogP contribution in [0.25, 0.3) is 0 Å². The fourth-order valence-corrected chi connectivity index (χ4v) is 19.1. The van der Waals surface area contributed by atoms with E-state index in [1.165, 1.54) is 6.92 Å². The van der Waals surface area contributed by atoms with Crippen LogP contribution in [0.3, 0.4) is 0 Å². The molecule has 0 amide bonds. The van der Waals surface area contributed by atoms with Gasteiger partial charge in [0.05, 0.1) is 39.0 Å². The number of alkyl halides is 9. The van der Waals surface area contributed by atoms with E-state index < -0.39 is 212 Å². The predicted molar refractivity (Wildman–Crippen MR) is 282 cm³/mol. The van der Waals surface area contributed by atoms with E-state index >= 15 is 0 Å². The van der Waals surface area contributed by atoms with Crippen LogP contribution < -0.4 is 0 Å². The second-order valence-corrected chi connectivity index (χ2v) is 36.5. The Kier molecular flexibility index (Phi) is 31.8. The van der Waals surface area contributed by atoms with Crippen LogP contribution in [0.1, 0.15) is 6.92 Å². The van der Waals surface area contributed by atoms with Crippen molar-refractivity contribution in [3.63, 3.8) is 0 Å². The number of aliphatic hydroxyl groups excluding tert-OH is 2. The van der Waals surface area contributed by atoms with Crippen LogP contribution in [0, 0.1) is 5.92 Å². The van der Waals surface area contributed by atoms with Gasteiger partial charge in [0.15, 0.2) is 49.4 Å².